The maximum atomic E-state index is 14.2. The van der Waals surface area contributed by atoms with Crippen LogP contribution in [0.2, 0.25) is 0 Å². The third-order valence-corrected chi connectivity index (χ3v) is 7.67. The predicted octanol–water partition coefficient (Wildman–Crippen LogP) is 5.73. The van der Waals surface area contributed by atoms with Gasteiger partial charge in [-0.15, -0.1) is 0 Å². The molecule has 196 valence electrons. The van der Waals surface area contributed by atoms with Gasteiger partial charge in [0.15, 0.2) is 0 Å². The first-order valence-corrected chi connectivity index (χ1v) is 13.1. The van der Waals surface area contributed by atoms with E-state index in [1.807, 2.05) is 47.4 Å². The smallest absolute Gasteiger partial charge is 0.339 e. The van der Waals surface area contributed by atoms with Crippen LogP contribution in [0.4, 0.5) is 5.69 Å². The first kappa shape index (κ1) is 25.5. The van der Waals surface area contributed by atoms with E-state index in [4.69, 9.17) is 9.47 Å². The number of nitrogens with zero attached hydrogens (tertiary/aromatic N) is 1. The number of benzene rings is 3. The molecule has 2 amide bonds. The van der Waals surface area contributed by atoms with Gasteiger partial charge in [0.2, 0.25) is 5.91 Å². The van der Waals surface area contributed by atoms with Crippen molar-refractivity contribution in [2.24, 2.45) is 0 Å². The molecule has 2 atom stereocenters. The number of para-hydroxylation sites is 1. The molecule has 1 aliphatic carbocycles. The molecular formula is C31H32N2O5. The standard InChI is InChI=1S/C31H32N2O5/c1-37-22-18-16-20(17-19-22)28-27(29(34)32-26-15-9-8-14-25(26)31(36)38-2)23-12-6-7-13-24(23)30(35)33(28)21-10-4-3-5-11-21/h6-9,12-19,21,27-28H,3-5,10-11H2,1-2H3,(H,32,34)/t27-,28-/m1/s1. The van der Waals surface area contributed by atoms with Crippen LogP contribution in [-0.4, -0.2) is 42.9 Å². The topological polar surface area (TPSA) is 84.9 Å². The van der Waals surface area contributed by atoms with Crippen LogP contribution in [0, 0.1) is 0 Å². The Kier molecular flexibility index (Phi) is 7.45. The maximum Gasteiger partial charge on any atom is 0.339 e. The number of anilines is 1. The summed E-state index contributed by atoms with van der Waals surface area (Å²) in [4.78, 5) is 42.6. The largest absolute Gasteiger partial charge is 0.497 e. The van der Waals surface area contributed by atoms with Gasteiger partial charge >= 0.3 is 5.97 Å². The number of hydrogen-bond acceptors (Lipinski definition) is 5. The average molecular weight is 513 g/mol. The van der Waals surface area contributed by atoms with Crippen molar-refractivity contribution < 1.29 is 23.9 Å². The molecule has 38 heavy (non-hydrogen) atoms. The Hall–Kier alpha value is -4.13. The van der Waals surface area contributed by atoms with Crippen LogP contribution in [0.1, 0.15) is 75.9 Å². The second-order valence-corrected chi connectivity index (χ2v) is 9.81. The molecule has 3 aromatic carbocycles. The lowest BCUT2D eigenvalue weighted by Gasteiger charge is -2.46. The minimum Gasteiger partial charge on any atom is -0.497 e. The van der Waals surface area contributed by atoms with Crippen molar-refractivity contribution in [3.05, 3.63) is 95.1 Å². The van der Waals surface area contributed by atoms with E-state index >= 15 is 0 Å². The number of rotatable bonds is 6. The number of methoxy groups -OCH3 is 2. The molecule has 0 spiro atoms. The van der Waals surface area contributed by atoms with Gasteiger partial charge in [-0.2, -0.15) is 0 Å². The van der Waals surface area contributed by atoms with Crippen LogP contribution in [0.3, 0.4) is 0 Å². The van der Waals surface area contributed by atoms with Crippen molar-refractivity contribution >= 4 is 23.5 Å². The normalized spacial score (nSPS) is 19.4. The van der Waals surface area contributed by atoms with E-state index in [1.54, 1.807) is 37.4 Å². The number of fused-ring (bicyclic) bond motifs is 1. The van der Waals surface area contributed by atoms with Gasteiger partial charge < -0.3 is 19.7 Å². The van der Waals surface area contributed by atoms with Gasteiger partial charge in [0.05, 0.1) is 37.4 Å². The zero-order chi connectivity index (χ0) is 26.6. The van der Waals surface area contributed by atoms with E-state index < -0.39 is 17.9 Å². The summed E-state index contributed by atoms with van der Waals surface area (Å²) in [6, 6.07) is 21.3. The number of amides is 2. The molecule has 0 aromatic heterocycles. The van der Waals surface area contributed by atoms with Crippen molar-refractivity contribution in [3.8, 4) is 5.75 Å². The molecule has 0 radical (unpaired) electrons. The Morgan fingerprint density at radius 1 is 0.868 bits per heavy atom. The first-order valence-electron chi connectivity index (χ1n) is 13.1. The molecule has 1 aliphatic heterocycles. The molecule has 3 aromatic rings. The fourth-order valence-corrected chi connectivity index (χ4v) is 5.84. The Bertz CT molecular complexity index is 1330. The van der Waals surface area contributed by atoms with E-state index in [1.165, 1.54) is 7.11 Å². The zero-order valence-electron chi connectivity index (χ0n) is 21.7. The summed E-state index contributed by atoms with van der Waals surface area (Å²) in [5.74, 6) is -0.857. The summed E-state index contributed by atoms with van der Waals surface area (Å²) in [5, 5.41) is 2.99. The highest BCUT2D eigenvalue weighted by molar-refractivity contribution is 6.07. The Balaban J connectivity index is 1.64. The van der Waals surface area contributed by atoms with Crippen molar-refractivity contribution in [1.29, 1.82) is 0 Å². The molecule has 0 bridgehead atoms. The summed E-state index contributed by atoms with van der Waals surface area (Å²) < 4.78 is 10.3. The number of hydrogen-bond donors (Lipinski definition) is 1. The highest BCUT2D eigenvalue weighted by Gasteiger charge is 2.46. The molecule has 1 N–H and O–H groups in total. The van der Waals surface area contributed by atoms with Crippen molar-refractivity contribution in [1.82, 2.24) is 4.90 Å². The number of carbonyl (C=O) groups is 3. The SMILES string of the molecule is COC(=O)c1ccccc1NC(=O)[C@@H]1c2ccccc2C(=O)N(C2CCCCC2)[C@@H]1c1ccc(OC)cc1. The lowest BCUT2D eigenvalue weighted by atomic mass is 9.77. The fourth-order valence-electron chi connectivity index (χ4n) is 5.84. The van der Waals surface area contributed by atoms with Crippen molar-refractivity contribution in [3.63, 3.8) is 0 Å². The Morgan fingerprint density at radius 2 is 1.55 bits per heavy atom. The molecule has 0 unspecified atom stereocenters. The average Bonchev–Trinajstić information content (AvgIpc) is 2.97. The van der Waals surface area contributed by atoms with E-state index in [-0.39, 0.29) is 23.4 Å². The van der Waals surface area contributed by atoms with Gasteiger partial charge in [-0.25, -0.2) is 4.79 Å². The third kappa shape index (κ3) is 4.76. The first-order chi connectivity index (χ1) is 18.5. The van der Waals surface area contributed by atoms with Gasteiger partial charge in [-0.05, 0) is 54.3 Å². The molecule has 1 heterocycles. The van der Waals surface area contributed by atoms with E-state index in [0.29, 0.717) is 22.6 Å². The molecule has 5 rings (SSSR count). The maximum absolute atomic E-state index is 14.2. The lowest BCUT2D eigenvalue weighted by molar-refractivity contribution is -0.119. The van der Waals surface area contributed by atoms with E-state index in [9.17, 15) is 14.4 Å². The van der Waals surface area contributed by atoms with E-state index in [0.717, 1.165) is 37.7 Å². The van der Waals surface area contributed by atoms with Crippen molar-refractivity contribution in [2.45, 2.75) is 50.1 Å². The third-order valence-electron chi connectivity index (χ3n) is 7.67. The second-order valence-electron chi connectivity index (χ2n) is 9.81. The van der Waals surface area contributed by atoms with Crippen molar-refractivity contribution in [2.75, 3.05) is 19.5 Å². The van der Waals surface area contributed by atoms with Crippen LogP contribution in [0.5, 0.6) is 5.75 Å². The van der Waals surface area contributed by atoms with Gasteiger partial charge in [-0.3, -0.25) is 9.59 Å². The number of carbonyl (C=O) groups excluding carboxylic acids is 3. The molecule has 7 nitrogen and oxygen atoms in total. The van der Waals surface area contributed by atoms with Crippen LogP contribution in [0.15, 0.2) is 72.8 Å². The number of esters is 1. The van der Waals surface area contributed by atoms with Crippen LogP contribution >= 0.6 is 0 Å². The van der Waals surface area contributed by atoms with Crippen LogP contribution < -0.4 is 10.1 Å². The second kappa shape index (κ2) is 11.1. The highest BCUT2D eigenvalue weighted by atomic mass is 16.5. The molecule has 1 saturated carbocycles. The molecule has 2 aliphatic rings. The van der Waals surface area contributed by atoms with Crippen LogP contribution in [-0.2, 0) is 9.53 Å². The molecular weight excluding hydrogens is 480 g/mol. The van der Waals surface area contributed by atoms with Gasteiger partial charge in [0.1, 0.15) is 5.75 Å². The van der Waals surface area contributed by atoms with Crippen LogP contribution in [0.25, 0.3) is 0 Å². The summed E-state index contributed by atoms with van der Waals surface area (Å²) in [6.45, 7) is 0. The number of nitrogens with one attached hydrogen (secondary N) is 1. The van der Waals surface area contributed by atoms with Gasteiger partial charge in [-0.1, -0.05) is 61.7 Å². The van der Waals surface area contributed by atoms with E-state index in [2.05, 4.69) is 5.32 Å². The van der Waals surface area contributed by atoms with Gasteiger partial charge in [0, 0.05) is 11.6 Å². The fraction of sp³-hybridized carbons (Fsp3) is 0.323. The highest BCUT2D eigenvalue weighted by Crippen LogP contribution is 2.46. The molecule has 7 heteroatoms. The summed E-state index contributed by atoms with van der Waals surface area (Å²) in [6.07, 6.45) is 5.06. The summed E-state index contributed by atoms with van der Waals surface area (Å²) in [7, 11) is 2.92. The lowest BCUT2D eigenvalue weighted by Crippen LogP contribution is -2.51. The summed E-state index contributed by atoms with van der Waals surface area (Å²) in [5.41, 5.74) is 2.73. The molecule has 1 fully saturated rings. The summed E-state index contributed by atoms with van der Waals surface area (Å²) >= 11 is 0. The molecule has 0 saturated heterocycles. The minimum absolute atomic E-state index is 0.0364. The quantitative estimate of drug-likeness (QED) is 0.426. The monoisotopic (exact) mass is 512 g/mol. The Morgan fingerprint density at radius 3 is 2.26 bits per heavy atom. The predicted molar refractivity (Wildman–Crippen MR) is 144 cm³/mol. The zero-order valence-corrected chi connectivity index (χ0v) is 21.7. The van der Waals surface area contributed by atoms with Gasteiger partial charge in [0.25, 0.3) is 5.91 Å². The number of ether oxygens (including phenoxy) is 2. The Labute approximate surface area is 222 Å². The minimum atomic E-state index is -0.690.